The fourth-order valence-corrected chi connectivity index (χ4v) is 1.76. The second-order valence-corrected chi connectivity index (χ2v) is 3.43. The zero-order valence-electron chi connectivity index (χ0n) is 7.99. The predicted octanol–water partition coefficient (Wildman–Crippen LogP) is 1.85. The van der Waals surface area contributed by atoms with Crippen molar-refractivity contribution in [2.24, 2.45) is 4.99 Å². The van der Waals surface area contributed by atoms with E-state index in [1.54, 1.807) is 6.08 Å². The first-order valence-corrected chi connectivity index (χ1v) is 4.62. The van der Waals surface area contributed by atoms with Crippen molar-refractivity contribution >= 4 is 6.08 Å². The number of benzene rings is 1. The molecular weight excluding hydrogens is 178 g/mol. The molecule has 0 aromatic heterocycles. The van der Waals surface area contributed by atoms with Gasteiger partial charge in [-0.3, -0.25) is 0 Å². The van der Waals surface area contributed by atoms with Crippen molar-refractivity contribution in [1.82, 2.24) is 0 Å². The standard InChI is InChI=1S/C11H11NO2/c1-8-5-10-9(6-12-7-13)3-2-4-11(10)14-8/h2-4,8H,5-6H2,1H3. The lowest BCUT2D eigenvalue weighted by Gasteiger charge is -2.02. The quantitative estimate of drug-likeness (QED) is 0.526. The second-order valence-electron chi connectivity index (χ2n) is 3.43. The Labute approximate surface area is 82.4 Å². The second kappa shape index (κ2) is 3.64. The summed E-state index contributed by atoms with van der Waals surface area (Å²) in [5.74, 6) is 0.927. The minimum absolute atomic E-state index is 0.228. The summed E-state index contributed by atoms with van der Waals surface area (Å²) in [7, 11) is 0. The number of hydrogen-bond acceptors (Lipinski definition) is 3. The number of isocyanates is 1. The van der Waals surface area contributed by atoms with Crippen molar-refractivity contribution in [1.29, 1.82) is 0 Å². The van der Waals surface area contributed by atoms with E-state index in [1.807, 2.05) is 25.1 Å². The van der Waals surface area contributed by atoms with Crippen LogP contribution in [0.5, 0.6) is 5.75 Å². The van der Waals surface area contributed by atoms with Crippen LogP contribution in [0.3, 0.4) is 0 Å². The summed E-state index contributed by atoms with van der Waals surface area (Å²) in [6.45, 7) is 2.44. The number of ether oxygens (including phenoxy) is 1. The van der Waals surface area contributed by atoms with Gasteiger partial charge in [-0.05, 0) is 18.6 Å². The normalized spacial score (nSPS) is 18.2. The lowest BCUT2D eigenvalue weighted by Crippen LogP contribution is -2.05. The number of fused-ring (bicyclic) bond motifs is 1. The summed E-state index contributed by atoms with van der Waals surface area (Å²) in [5.41, 5.74) is 2.24. The molecule has 14 heavy (non-hydrogen) atoms. The molecular formula is C11H11NO2. The SMILES string of the molecule is CC1Cc2c(CN=C=O)cccc2O1. The van der Waals surface area contributed by atoms with Crippen molar-refractivity contribution in [2.75, 3.05) is 0 Å². The number of nitrogens with zero attached hydrogens (tertiary/aromatic N) is 1. The van der Waals surface area contributed by atoms with E-state index in [0.717, 1.165) is 17.7 Å². The fourth-order valence-electron chi connectivity index (χ4n) is 1.76. The maximum atomic E-state index is 10.0. The summed E-state index contributed by atoms with van der Waals surface area (Å²) in [4.78, 5) is 13.6. The highest BCUT2D eigenvalue weighted by Gasteiger charge is 2.20. The Balaban J connectivity index is 2.34. The van der Waals surface area contributed by atoms with Crippen LogP contribution in [-0.4, -0.2) is 12.2 Å². The van der Waals surface area contributed by atoms with Gasteiger partial charge in [0.1, 0.15) is 11.9 Å². The third kappa shape index (κ3) is 1.54. The molecule has 72 valence electrons. The van der Waals surface area contributed by atoms with Crippen molar-refractivity contribution in [3.05, 3.63) is 29.3 Å². The Kier molecular flexibility index (Phi) is 2.33. The average Bonchev–Trinajstić information content (AvgIpc) is 2.55. The van der Waals surface area contributed by atoms with Crippen LogP contribution < -0.4 is 4.74 Å². The van der Waals surface area contributed by atoms with Gasteiger partial charge in [-0.1, -0.05) is 12.1 Å². The van der Waals surface area contributed by atoms with E-state index in [0.29, 0.717) is 6.54 Å². The summed E-state index contributed by atoms with van der Waals surface area (Å²) < 4.78 is 5.59. The highest BCUT2D eigenvalue weighted by molar-refractivity contribution is 5.44. The van der Waals surface area contributed by atoms with Gasteiger partial charge in [0.25, 0.3) is 0 Å². The maximum absolute atomic E-state index is 10.0. The van der Waals surface area contributed by atoms with E-state index >= 15 is 0 Å². The summed E-state index contributed by atoms with van der Waals surface area (Å²) in [6, 6.07) is 5.85. The van der Waals surface area contributed by atoms with Gasteiger partial charge in [-0.2, -0.15) is 0 Å². The molecule has 3 heteroatoms. The average molecular weight is 189 g/mol. The molecule has 0 radical (unpaired) electrons. The molecule has 0 saturated heterocycles. The molecule has 2 rings (SSSR count). The van der Waals surface area contributed by atoms with Crippen molar-refractivity contribution in [2.45, 2.75) is 26.0 Å². The third-order valence-corrected chi connectivity index (χ3v) is 2.36. The smallest absolute Gasteiger partial charge is 0.235 e. The van der Waals surface area contributed by atoms with Gasteiger partial charge in [-0.15, -0.1) is 0 Å². The van der Waals surface area contributed by atoms with Crippen LogP contribution in [0, 0.1) is 0 Å². The minimum Gasteiger partial charge on any atom is -0.490 e. The molecule has 0 amide bonds. The number of carbonyl (C=O) groups excluding carboxylic acids is 1. The number of rotatable bonds is 2. The van der Waals surface area contributed by atoms with Crippen molar-refractivity contribution < 1.29 is 9.53 Å². The van der Waals surface area contributed by atoms with Crippen LogP contribution in [0.25, 0.3) is 0 Å². The number of hydrogen-bond donors (Lipinski definition) is 0. The van der Waals surface area contributed by atoms with Gasteiger partial charge in [0, 0.05) is 12.0 Å². The van der Waals surface area contributed by atoms with Crippen LogP contribution in [0.1, 0.15) is 18.1 Å². The van der Waals surface area contributed by atoms with Gasteiger partial charge >= 0.3 is 0 Å². The van der Waals surface area contributed by atoms with Crippen LogP contribution in [0.15, 0.2) is 23.2 Å². The van der Waals surface area contributed by atoms with Gasteiger partial charge in [0.2, 0.25) is 6.08 Å². The Hall–Kier alpha value is -1.60. The molecule has 0 fully saturated rings. The van der Waals surface area contributed by atoms with Gasteiger partial charge in [-0.25, -0.2) is 9.79 Å². The first-order valence-electron chi connectivity index (χ1n) is 4.62. The van der Waals surface area contributed by atoms with E-state index in [4.69, 9.17) is 4.74 Å². The highest BCUT2D eigenvalue weighted by Crippen LogP contribution is 2.31. The highest BCUT2D eigenvalue weighted by atomic mass is 16.5. The van der Waals surface area contributed by atoms with Gasteiger partial charge < -0.3 is 4.74 Å². The van der Waals surface area contributed by atoms with E-state index in [-0.39, 0.29) is 6.10 Å². The molecule has 0 aliphatic carbocycles. The predicted molar refractivity (Wildman–Crippen MR) is 52.1 cm³/mol. The minimum atomic E-state index is 0.228. The first kappa shape index (κ1) is 8.97. The van der Waals surface area contributed by atoms with E-state index in [2.05, 4.69) is 4.99 Å². The molecule has 3 nitrogen and oxygen atoms in total. The zero-order chi connectivity index (χ0) is 9.97. The molecule has 0 saturated carbocycles. The van der Waals surface area contributed by atoms with Crippen LogP contribution >= 0.6 is 0 Å². The topological polar surface area (TPSA) is 38.7 Å². The maximum Gasteiger partial charge on any atom is 0.235 e. The first-order chi connectivity index (χ1) is 6.81. The molecule has 1 unspecified atom stereocenters. The fraction of sp³-hybridized carbons (Fsp3) is 0.364. The van der Waals surface area contributed by atoms with Crippen molar-refractivity contribution in [3.8, 4) is 5.75 Å². The Bertz CT molecular complexity index is 394. The molecule has 1 aromatic rings. The van der Waals surface area contributed by atoms with Gasteiger partial charge in [0.05, 0.1) is 6.54 Å². The molecule has 1 aliphatic heterocycles. The molecule has 1 atom stereocenters. The van der Waals surface area contributed by atoms with Crippen LogP contribution in [-0.2, 0) is 17.8 Å². The van der Waals surface area contributed by atoms with Gasteiger partial charge in [0.15, 0.2) is 0 Å². The largest absolute Gasteiger partial charge is 0.490 e. The zero-order valence-corrected chi connectivity index (χ0v) is 7.99. The lowest BCUT2D eigenvalue weighted by atomic mass is 10.0. The molecule has 1 heterocycles. The molecule has 0 N–H and O–H groups in total. The molecule has 1 aliphatic rings. The van der Waals surface area contributed by atoms with E-state index in [9.17, 15) is 4.79 Å². The molecule has 0 spiro atoms. The van der Waals surface area contributed by atoms with Crippen molar-refractivity contribution in [3.63, 3.8) is 0 Å². The van der Waals surface area contributed by atoms with Crippen LogP contribution in [0.4, 0.5) is 0 Å². The third-order valence-electron chi connectivity index (χ3n) is 2.36. The summed E-state index contributed by atoms with van der Waals surface area (Å²) in [6.07, 6.45) is 2.68. The summed E-state index contributed by atoms with van der Waals surface area (Å²) in [5, 5.41) is 0. The van der Waals surface area contributed by atoms with E-state index in [1.165, 1.54) is 5.56 Å². The van der Waals surface area contributed by atoms with Crippen LogP contribution in [0.2, 0.25) is 0 Å². The Morgan fingerprint density at radius 1 is 1.64 bits per heavy atom. The number of aliphatic imine (C=N–C) groups is 1. The summed E-state index contributed by atoms with van der Waals surface area (Å²) >= 11 is 0. The Morgan fingerprint density at radius 3 is 3.29 bits per heavy atom. The monoisotopic (exact) mass is 189 g/mol. The Morgan fingerprint density at radius 2 is 2.50 bits per heavy atom. The lowest BCUT2D eigenvalue weighted by molar-refractivity contribution is 0.254. The molecule has 1 aromatic carbocycles. The van der Waals surface area contributed by atoms with E-state index < -0.39 is 0 Å². The molecule has 0 bridgehead atoms.